The maximum Gasteiger partial charge on any atom is 0.260 e. The summed E-state index contributed by atoms with van der Waals surface area (Å²) in [7, 11) is 0. The SMILES string of the molecule is Cc1ccc2cccc(-c3nc(C4(N)CCC4)no3)c2n1. The van der Waals surface area contributed by atoms with Crippen LogP contribution in [0, 0.1) is 6.92 Å². The highest BCUT2D eigenvalue weighted by molar-refractivity contribution is 5.91. The van der Waals surface area contributed by atoms with Gasteiger partial charge in [-0.3, -0.25) is 4.98 Å². The van der Waals surface area contributed by atoms with Gasteiger partial charge in [0.15, 0.2) is 5.82 Å². The summed E-state index contributed by atoms with van der Waals surface area (Å²) in [4.78, 5) is 9.11. The van der Waals surface area contributed by atoms with Crippen molar-refractivity contribution in [3.05, 3.63) is 41.9 Å². The molecule has 0 spiro atoms. The third-order valence-electron chi connectivity index (χ3n) is 4.21. The van der Waals surface area contributed by atoms with E-state index >= 15 is 0 Å². The largest absolute Gasteiger partial charge is 0.334 e. The van der Waals surface area contributed by atoms with Crippen molar-refractivity contribution < 1.29 is 4.52 Å². The molecule has 1 aliphatic rings. The molecule has 0 bridgehead atoms. The Morgan fingerprint density at radius 2 is 2.00 bits per heavy atom. The highest BCUT2D eigenvalue weighted by Gasteiger charge is 2.39. The molecule has 21 heavy (non-hydrogen) atoms. The Hall–Kier alpha value is -2.27. The molecule has 0 atom stereocenters. The summed E-state index contributed by atoms with van der Waals surface area (Å²) in [5.74, 6) is 1.10. The number of hydrogen-bond donors (Lipinski definition) is 1. The minimum Gasteiger partial charge on any atom is -0.334 e. The monoisotopic (exact) mass is 280 g/mol. The molecular formula is C16H16N4O. The van der Waals surface area contributed by atoms with Gasteiger partial charge in [-0.05, 0) is 38.3 Å². The fourth-order valence-electron chi connectivity index (χ4n) is 2.73. The van der Waals surface area contributed by atoms with Crippen LogP contribution in [0.15, 0.2) is 34.9 Å². The van der Waals surface area contributed by atoms with E-state index in [1.54, 1.807) is 0 Å². The van der Waals surface area contributed by atoms with Crippen LogP contribution >= 0.6 is 0 Å². The summed E-state index contributed by atoms with van der Waals surface area (Å²) >= 11 is 0. The van der Waals surface area contributed by atoms with Crippen LogP contribution in [0.5, 0.6) is 0 Å². The van der Waals surface area contributed by atoms with E-state index in [-0.39, 0.29) is 0 Å². The molecule has 1 aromatic carbocycles. The normalized spacial score (nSPS) is 16.9. The van der Waals surface area contributed by atoms with Gasteiger partial charge in [-0.2, -0.15) is 4.98 Å². The molecule has 2 heterocycles. The summed E-state index contributed by atoms with van der Waals surface area (Å²) in [6.07, 6.45) is 2.95. The number of fused-ring (bicyclic) bond motifs is 1. The molecule has 0 saturated heterocycles. The van der Waals surface area contributed by atoms with Gasteiger partial charge in [0.25, 0.3) is 5.89 Å². The van der Waals surface area contributed by atoms with Gasteiger partial charge < -0.3 is 10.3 Å². The summed E-state index contributed by atoms with van der Waals surface area (Å²) in [6.45, 7) is 1.97. The zero-order valence-corrected chi connectivity index (χ0v) is 11.8. The summed E-state index contributed by atoms with van der Waals surface area (Å²) in [6, 6.07) is 10.00. The molecule has 0 aliphatic heterocycles. The van der Waals surface area contributed by atoms with Gasteiger partial charge >= 0.3 is 0 Å². The van der Waals surface area contributed by atoms with Gasteiger partial charge in [0.05, 0.1) is 16.6 Å². The Kier molecular flexibility index (Phi) is 2.59. The highest BCUT2D eigenvalue weighted by atomic mass is 16.5. The Labute approximate surface area is 122 Å². The van der Waals surface area contributed by atoms with Crippen LogP contribution in [0.3, 0.4) is 0 Å². The zero-order chi connectivity index (χ0) is 14.4. The number of pyridine rings is 1. The molecule has 1 fully saturated rings. The van der Waals surface area contributed by atoms with Gasteiger partial charge in [-0.15, -0.1) is 0 Å². The van der Waals surface area contributed by atoms with Gasteiger partial charge in [0.1, 0.15) is 0 Å². The lowest BCUT2D eigenvalue weighted by atomic mass is 9.77. The molecule has 1 aliphatic carbocycles. The first-order valence-electron chi connectivity index (χ1n) is 7.16. The maximum absolute atomic E-state index is 6.25. The average molecular weight is 280 g/mol. The molecule has 1 saturated carbocycles. The Bertz CT molecular complexity index is 820. The van der Waals surface area contributed by atoms with Gasteiger partial charge in [-0.25, -0.2) is 0 Å². The molecule has 5 heteroatoms. The van der Waals surface area contributed by atoms with Crippen LogP contribution in [0.25, 0.3) is 22.4 Å². The summed E-state index contributed by atoms with van der Waals surface area (Å²) in [5, 5.41) is 5.14. The molecule has 3 aromatic rings. The van der Waals surface area contributed by atoms with Crippen molar-refractivity contribution in [3.63, 3.8) is 0 Å². The van der Waals surface area contributed by atoms with Crippen molar-refractivity contribution >= 4 is 10.9 Å². The van der Waals surface area contributed by atoms with Crippen LogP contribution in [0.4, 0.5) is 0 Å². The maximum atomic E-state index is 6.25. The number of nitrogens with two attached hydrogens (primary N) is 1. The molecule has 4 rings (SSSR count). The van der Waals surface area contributed by atoms with Crippen molar-refractivity contribution in [2.24, 2.45) is 5.73 Å². The minimum atomic E-state index is -0.407. The molecular weight excluding hydrogens is 264 g/mol. The fourth-order valence-corrected chi connectivity index (χ4v) is 2.73. The Morgan fingerprint density at radius 3 is 2.76 bits per heavy atom. The molecule has 0 radical (unpaired) electrons. The van der Waals surface area contributed by atoms with E-state index in [4.69, 9.17) is 10.3 Å². The van der Waals surface area contributed by atoms with Crippen LogP contribution < -0.4 is 5.73 Å². The van der Waals surface area contributed by atoms with E-state index in [0.717, 1.165) is 41.4 Å². The van der Waals surface area contributed by atoms with Gasteiger partial charge in [0, 0.05) is 11.1 Å². The topological polar surface area (TPSA) is 77.8 Å². The number of rotatable bonds is 2. The average Bonchev–Trinajstić information content (AvgIpc) is 2.94. The van der Waals surface area contributed by atoms with Crippen molar-refractivity contribution in [3.8, 4) is 11.5 Å². The first-order chi connectivity index (χ1) is 10.2. The van der Waals surface area contributed by atoms with Crippen LogP contribution in [0.2, 0.25) is 0 Å². The first-order valence-corrected chi connectivity index (χ1v) is 7.16. The van der Waals surface area contributed by atoms with Crippen LogP contribution in [-0.2, 0) is 5.54 Å². The smallest absolute Gasteiger partial charge is 0.260 e. The molecule has 0 unspecified atom stereocenters. The second-order valence-corrected chi connectivity index (χ2v) is 5.76. The third-order valence-corrected chi connectivity index (χ3v) is 4.21. The zero-order valence-electron chi connectivity index (χ0n) is 11.8. The highest BCUT2D eigenvalue weighted by Crippen LogP contribution is 2.38. The van der Waals surface area contributed by atoms with Crippen molar-refractivity contribution in [2.75, 3.05) is 0 Å². The van der Waals surface area contributed by atoms with Crippen molar-refractivity contribution in [1.29, 1.82) is 0 Å². The molecule has 106 valence electrons. The predicted octanol–water partition coefficient (Wildman–Crippen LogP) is 2.93. The second-order valence-electron chi connectivity index (χ2n) is 5.76. The second kappa shape index (κ2) is 4.36. The van der Waals surface area contributed by atoms with Crippen molar-refractivity contribution in [2.45, 2.75) is 31.7 Å². The number of hydrogen-bond acceptors (Lipinski definition) is 5. The quantitative estimate of drug-likeness (QED) is 0.781. The van der Waals surface area contributed by atoms with E-state index in [1.807, 2.05) is 31.2 Å². The fraction of sp³-hybridized carbons (Fsp3) is 0.312. The third kappa shape index (κ3) is 1.93. The van der Waals surface area contributed by atoms with Crippen LogP contribution in [0.1, 0.15) is 30.8 Å². The number of para-hydroxylation sites is 1. The summed E-state index contributed by atoms with van der Waals surface area (Å²) in [5.41, 5.74) is 8.55. The standard InChI is InChI=1S/C16H16N4O/c1-10-6-7-11-4-2-5-12(13(11)18-10)14-19-15(20-21-14)16(17)8-3-9-16/h2,4-7H,3,8-9,17H2,1H3. The number of aryl methyl sites for hydroxylation is 1. The Morgan fingerprint density at radius 1 is 1.14 bits per heavy atom. The number of nitrogens with zero attached hydrogens (tertiary/aromatic N) is 3. The lowest BCUT2D eigenvalue weighted by Gasteiger charge is -2.34. The molecule has 2 N–H and O–H groups in total. The summed E-state index contributed by atoms with van der Waals surface area (Å²) < 4.78 is 5.44. The van der Waals surface area contributed by atoms with Gasteiger partial charge in [0.2, 0.25) is 0 Å². The minimum absolute atomic E-state index is 0.407. The molecule has 0 amide bonds. The first kappa shape index (κ1) is 12.5. The van der Waals surface area contributed by atoms with E-state index in [0.29, 0.717) is 11.7 Å². The predicted molar refractivity (Wildman–Crippen MR) is 79.5 cm³/mol. The lowest BCUT2D eigenvalue weighted by molar-refractivity contribution is 0.229. The van der Waals surface area contributed by atoms with E-state index in [1.165, 1.54) is 0 Å². The van der Waals surface area contributed by atoms with Gasteiger partial charge in [-0.1, -0.05) is 23.4 Å². The number of aromatic nitrogens is 3. The van der Waals surface area contributed by atoms with Crippen LogP contribution in [-0.4, -0.2) is 15.1 Å². The van der Waals surface area contributed by atoms with Crippen molar-refractivity contribution in [1.82, 2.24) is 15.1 Å². The van der Waals surface area contributed by atoms with E-state index < -0.39 is 5.54 Å². The molecule has 2 aromatic heterocycles. The van der Waals surface area contributed by atoms with E-state index in [9.17, 15) is 0 Å². The number of benzene rings is 1. The lowest BCUT2D eigenvalue weighted by Crippen LogP contribution is -2.44. The van der Waals surface area contributed by atoms with E-state index in [2.05, 4.69) is 21.2 Å². The molecule has 5 nitrogen and oxygen atoms in total. The Balaban J connectivity index is 1.85.